The van der Waals surface area contributed by atoms with E-state index in [0.29, 0.717) is 12.5 Å². The van der Waals surface area contributed by atoms with E-state index in [9.17, 15) is 8.42 Å². The summed E-state index contributed by atoms with van der Waals surface area (Å²) in [6, 6.07) is 0. The zero-order valence-corrected chi connectivity index (χ0v) is 9.40. The van der Waals surface area contributed by atoms with E-state index in [1.54, 1.807) is 0 Å². The Hall–Kier alpha value is -0.130. The zero-order chi connectivity index (χ0) is 10.5. The Morgan fingerprint density at radius 1 is 1.23 bits per heavy atom. The fourth-order valence-corrected chi connectivity index (χ4v) is 2.44. The van der Waals surface area contributed by atoms with Crippen molar-refractivity contribution in [1.82, 2.24) is 4.72 Å². The fraction of sp³-hybridized carbons (Fsp3) is 1.00. The summed E-state index contributed by atoms with van der Waals surface area (Å²) in [7, 11) is -3.53. The molecule has 1 rings (SSSR count). The first kappa shape index (κ1) is 10.9. The van der Waals surface area contributed by atoms with Crippen molar-refractivity contribution in [2.45, 2.75) is 27.7 Å². The Labute approximate surface area is 80.1 Å². The molecule has 0 spiro atoms. The Balaban J connectivity index is 2.53. The van der Waals surface area contributed by atoms with E-state index in [-0.39, 0.29) is 10.8 Å². The first-order valence-electron chi connectivity index (χ1n) is 4.36. The number of rotatable bonds is 3. The minimum absolute atomic E-state index is 0.199. The highest BCUT2D eigenvalue weighted by molar-refractivity contribution is 7.87. The molecule has 4 nitrogen and oxygen atoms in total. The van der Waals surface area contributed by atoms with Gasteiger partial charge < -0.3 is 0 Å². The highest BCUT2D eigenvalue weighted by Gasteiger charge is 2.64. The third kappa shape index (κ3) is 1.87. The van der Waals surface area contributed by atoms with Crippen molar-refractivity contribution in [2.24, 2.45) is 21.9 Å². The van der Waals surface area contributed by atoms with E-state index >= 15 is 0 Å². The summed E-state index contributed by atoms with van der Waals surface area (Å²) in [5.74, 6) is 0.373. The summed E-state index contributed by atoms with van der Waals surface area (Å²) in [5, 5.41) is 4.85. The predicted molar refractivity (Wildman–Crippen MR) is 52.2 cm³/mol. The summed E-state index contributed by atoms with van der Waals surface area (Å²) < 4.78 is 23.6. The number of hydrogen-bond acceptors (Lipinski definition) is 2. The molecule has 1 aliphatic rings. The third-order valence-corrected chi connectivity index (χ3v) is 4.38. The molecule has 0 atom stereocenters. The average Bonchev–Trinajstić information content (AvgIpc) is 2.19. The van der Waals surface area contributed by atoms with Crippen molar-refractivity contribution in [1.29, 1.82) is 0 Å². The number of nitrogens with one attached hydrogen (secondary N) is 1. The molecule has 5 heteroatoms. The van der Waals surface area contributed by atoms with E-state index in [0.717, 1.165) is 0 Å². The lowest BCUT2D eigenvalue weighted by Crippen LogP contribution is -2.33. The van der Waals surface area contributed by atoms with Gasteiger partial charge in [0.15, 0.2) is 0 Å². The summed E-state index contributed by atoms with van der Waals surface area (Å²) in [5.41, 5.74) is 0.398. The smallest absolute Gasteiger partial charge is 0.216 e. The molecule has 0 heterocycles. The normalized spacial score (nSPS) is 25.9. The molecule has 0 bridgehead atoms. The van der Waals surface area contributed by atoms with Gasteiger partial charge in [-0.3, -0.25) is 0 Å². The molecule has 0 saturated heterocycles. The van der Waals surface area contributed by atoms with E-state index in [2.05, 4.69) is 32.4 Å². The molecule has 13 heavy (non-hydrogen) atoms. The third-order valence-electron chi connectivity index (χ3n) is 3.81. The van der Waals surface area contributed by atoms with Gasteiger partial charge in [0.25, 0.3) is 10.2 Å². The van der Waals surface area contributed by atoms with Crippen LogP contribution in [0, 0.1) is 16.7 Å². The van der Waals surface area contributed by atoms with Crippen molar-refractivity contribution in [3.8, 4) is 0 Å². The lowest BCUT2D eigenvalue weighted by Gasteiger charge is -2.04. The molecule has 1 fully saturated rings. The Morgan fingerprint density at radius 2 is 1.62 bits per heavy atom. The summed E-state index contributed by atoms with van der Waals surface area (Å²) in [6.45, 7) is 9.01. The molecule has 0 amide bonds. The van der Waals surface area contributed by atoms with Crippen LogP contribution < -0.4 is 9.86 Å². The van der Waals surface area contributed by atoms with Gasteiger partial charge in [-0.2, -0.15) is 8.42 Å². The molecular formula is C8H18N2O2S. The maximum absolute atomic E-state index is 10.7. The van der Waals surface area contributed by atoms with E-state index in [1.165, 1.54) is 0 Å². The molecule has 0 unspecified atom stereocenters. The SMILES string of the molecule is CC1(C)C(CNS(N)(=O)=O)C1(C)C. The van der Waals surface area contributed by atoms with Crippen LogP contribution in [-0.2, 0) is 10.2 Å². The van der Waals surface area contributed by atoms with Gasteiger partial charge >= 0.3 is 0 Å². The minimum atomic E-state index is -3.53. The van der Waals surface area contributed by atoms with Crippen molar-refractivity contribution in [3.63, 3.8) is 0 Å². The van der Waals surface area contributed by atoms with Gasteiger partial charge in [-0.15, -0.1) is 0 Å². The standard InChI is InChI=1S/C8H18N2O2S/c1-7(2)6(8(7,3)4)5-10-13(9,11)12/h6,10H,5H2,1-4H3,(H2,9,11,12). The van der Waals surface area contributed by atoms with Crippen LogP contribution in [0.5, 0.6) is 0 Å². The zero-order valence-electron chi connectivity index (χ0n) is 8.59. The lowest BCUT2D eigenvalue weighted by molar-refractivity contribution is 0.457. The molecule has 1 saturated carbocycles. The Morgan fingerprint density at radius 3 is 1.85 bits per heavy atom. The van der Waals surface area contributed by atoms with Gasteiger partial charge in [-0.1, -0.05) is 27.7 Å². The molecule has 0 aromatic rings. The van der Waals surface area contributed by atoms with Gasteiger partial charge in [0.1, 0.15) is 0 Å². The van der Waals surface area contributed by atoms with Crippen LogP contribution >= 0.6 is 0 Å². The first-order valence-corrected chi connectivity index (χ1v) is 5.91. The van der Waals surface area contributed by atoms with Crippen molar-refractivity contribution in [2.75, 3.05) is 6.54 Å². The van der Waals surface area contributed by atoms with Crippen LogP contribution in [0.25, 0.3) is 0 Å². The molecule has 78 valence electrons. The second kappa shape index (κ2) is 2.68. The monoisotopic (exact) mass is 206 g/mol. The lowest BCUT2D eigenvalue weighted by atomic mass is 10.0. The van der Waals surface area contributed by atoms with Crippen LogP contribution in [0.15, 0.2) is 0 Å². The largest absolute Gasteiger partial charge is 0.274 e. The van der Waals surface area contributed by atoms with Crippen LogP contribution in [0.4, 0.5) is 0 Å². The second-order valence-corrected chi connectivity index (χ2v) is 6.27. The molecule has 0 aliphatic heterocycles. The molecule has 0 aromatic heterocycles. The average molecular weight is 206 g/mol. The van der Waals surface area contributed by atoms with Gasteiger partial charge in [0, 0.05) is 6.54 Å². The highest BCUT2D eigenvalue weighted by Crippen LogP contribution is 2.67. The van der Waals surface area contributed by atoms with Gasteiger partial charge in [-0.05, 0) is 16.7 Å². The Bertz CT molecular complexity index is 292. The quantitative estimate of drug-likeness (QED) is 0.704. The molecule has 3 N–H and O–H groups in total. The van der Waals surface area contributed by atoms with Crippen LogP contribution in [0.2, 0.25) is 0 Å². The summed E-state index contributed by atoms with van der Waals surface area (Å²) >= 11 is 0. The molecule has 1 aliphatic carbocycles. The van der Waals surface area contributed by atoms with Crippen LogP contribution in [0.3, 0.4) is 0 Å². The van der Waals surface area contributed by atoms with Gasteiger partial charge in [0.05, 0.1) is 0 Å². The molecule has 0 aromatic carbocycles. The number of hydrogen-bond donors (Lipinski definition) is 2. The number of nitrogens with two attached hydrogens (primary N) is 1. The Kier molecular flexibility index (Phi) is 2.26. The predicted octanol–water partition coefficient (Wildman–Crippen LogP) is 0.462. The van der Waals surface area contributed by atoms with E-state index in [4.69, 9.17) is 5.14 Å². The van der Waals surface area contributed by atoms with Crippen molar-refractivity contribution in [3.05, 3.63) is 0 Å². The minimum Gasteiger partial charge on any atom is -0.216 e. The summed E-state index contributed by atoms with van der Waals surface area (Å²) in [6.07, 6.45) is 0. The van der Waals surface area contributed by atoms with E-state index < -0.39 is 10.2 Å². The van der Waals surface area contributed by atoms with Crippen LogP contribution in [0.1, 0.15) is 27.7 Å². The maximum Gasteiger partial charge on any atom is 0.274 e. The highest BCUT2D eigenvalue weighted by atomic mass is 32.2. The topological polar surface area (TPSA) is 72.2 Å². The van der Waals surface area contributed by atoms with Gasteiger partial charge in [-0.25, -0.2) is 9.86 Å². The van der Waals surface area contributed by atoms with Crippen molar-refractivity contribution < 1.29 is 8.42 Å². The summed E-state index contributed by atoms with van der Waals surface area (Å²) in [4.78, 5) is 0. The van der Waals surface area contributed by atoms with Crippen LogP contribution in [-0.4, -0.2) is 15.0 Å². The molecule has 0 radical (unpaired) electrons. The van der Waals surface area contributed by atoms with E-state index in [1.807, 2.05) is 0 Å². The van der Waals surface area contributed by atoms with Crippen molar-refractivity contribution >= 4 is 10.2 Å². The first-order chi connectivity index (χ1) is 5.59. The maximum atomic E-state index is 10.7. The second-order valence-electron chi connectivity index (χ2n) is 4.89. The fourth-order valence-electron chi connectivity index (χ4n) is 2.04. The molecular weight excluding hydrogens is 188 g/mol. The van der Waals surface area contributed by atoms with Gasteiger partial charge in [0.2, 0.25) is 0 Å².